The second kappa shape index (κ2) is 20.0. The Labute approximate surface area is 262 Å². The largest absolute Gasteiger partial charge is 0.494 e. The maximum absolute atomic E-state index is 13.2. The number of alkyl halides is 3. The minimum atomic E-state index is -4.18. The third-order valence-electron chi connectivity index (χ3n) is 8.07. The van der Waals surface area contributed by atoms with E-state index < -0.39 is 12.1 Å². The van der Waals surface area contributed by atoms with Crippen LogP contribution in [0.5, 0.6) is 11.5 Å². The Kier molecular flexibility index (Phi) is 16.1. The molecule has 3 rings (SSSR count). The number of hydrogen-bond acceptors (Lipinski definition) is 4. The van der Waals surface area contributed by atoms with Crippen molar-refractivity contribution in [2.45, 2.75) is 123 Å². The van der Waals surface area contributed by atoms with Crippen molar-refractivity contribution in [3.8, 4) is 22.9 Å². The van der Waals surface area contributed by atoms with E-state index in [9.17, 15) is 13.2 Å². The van der Waals surface area contributed by atoms with Gasteiger partial charge in [0.05, 0.1) is 12.5 Å². The van der Waals surface area contributed by atoms with E-state index in [-0.39, 0.29) is 19.4 Å². The van der Waals surface area contributed by atoms with Crippen molar-refractivity contribution < 1.29 is 22.6 Å². The van der Waals surface area contributed by atoms with Crippen LogP contribution in [-0.2, 0) is 13.0 Å². The van der Waals surface area contributed by atoms with Crippen molar-refractivity contribution in [3.05, 3.63) is 72.1 Å². The normalized spacial score (nSPS) is 12.3. The van der Waals surface area contributed by atoms with Gasteiger partial charge in [-0.2, -0.15) is 13.2 Å². The number of hydrogen-bond donors (Lipinski definition) is 0. The van der Waals surface area contributed by atoms with Crippen LogP contribution >= 0.6 is 0 Å². The highest BCUT2D eigenvalue weighted by atomic mass is 19.4. The summed E-state index contributed by atoms with van der Waals surface area (Å²) in [5, 5.41) is 0. The number of nitrogens with zero attached hydrogens (tertiary/aromatic N) is 2. The van der Waals surface area contributed by atoms with Crippen LogP contribution in [0.4, 0.5) is 13.2 Å². The van der Waals surface area contributed by atoms with Crippen LogP contribution in [0, 0.1) is 5.92 Å². The van der Waals surface area contributed by atoms with E-state index >= 15 is 0 Å². The van der Waals surface area contributed by atoms with Crippen molar-refractivity contribution >= 4 is 0 Å². The molecule has 4 nitrogen and oxygen atoms in total. The van der Waals surface area contributed by atoms with Crippen molar-refractivity contribution in [3.63, 3.8) is 0 Å². The van der Waals surface area contributed by atoms with E-state index in [4.69, 9.17) is 9.47 Å². The number of ether oxygens (including phenoxy) is 2. The summed E-state index contributed by atoms with van der Waals surface area (Å²) in [4.78, 5) is 9.16. The lowest BCUT2D eigenvalue weighted by molar-refractivity contribution is -0.179. The van der Waals surface area contributed by atoms with Gasteiger partial charge in [0.25, 0.3) is 0 Å². The summed E-state index contributed by atoms with van der Waals surface area (Å²) >= 11 is 0. The molecule has 0 bridgehead atoms. The molecule has 0 spiro atoms. The fourth-order valence-corrected chi connectivity index (χ4v) is 5.24. The molecule has 242 valence electrons. The number of benzene rings is 2. The summed E-state index contributed by atoms with van der Waals surface area (Å²) in [5.74, 6) is 0.679. The minimum Gasteiger partial charge on any atom is -0.494 e. The van der Waals surface area contributed by atoms with Crippen molar-refractivity contribution in [1.29, 1.82) is 0 Å². The molecule has 1 aromatic heterocycles. The summed E-state index contributed by atoms with van der Waals surface area (Å²) in [6, 6.07) is 15.0. The molecule has 3 aromatic rings. The lowest BCUT2D eigenvalue weighted by Crippen LogP contribution is -2.24. The van der Waals surface area contributed by atoms with Gasteiger partial charge in [0.15, 0.2) is 5.82 Å². The zero-order chi connectivity index (χ0) is 31.5. The molecule has 0 aliphatic carbocycles. The number of aryl methyl sites for hydroxylation is 1. The second-order valence-electron chi connectivity index (χ2n) is 11.8. The second-order valence-corrected chi connectivity index (χ2v) is 11.8. The smallest absolute Gasteiger partial charge is 0.391 e. The average molecular weight is 613 g/mol. The highest BCUT2D eigenvalue weighted by Gasteiger charge is 2.38. The molecule has 0 amide bonds. The molecule has 7 heteroatoms. The highest BCUT2D eigenvalue weighted by Crippen LogP contribution is 2.33. The number of halogens is 3. The Morgan fingerprint density at radius 3 is 1.75 bits per heavy atom. The predicted octanol–water partition coefficient (Wildman–Crippen LogP) is 11.3. The van der Waals surface area contributed by atoms with Crippen LogP contribution < -0.4 is 9.47 Å². The third kappa shape index (κ3) is 13.7. The van der Waals surface area contributed by atoms with Gasteiger partial charge in [0, 0.05) is 18.0 Å². The summed E-state index contributed by atoms with van der Waals surface area (Å²) in [5.41, 5.74) is 3.06. The first-order chi connectivity index (χ1) is 21.4. The predicted molar refractivity (Wildman–Crippen MR) is 173 cm³/mol. The van der Waals surface area contributed by atoms with Crippen LogP contribution in [0.15, 0.2) is 60.9 Å². The Hall–Kier alpha value is -3.09. The van der Waals surface area contributed by atoms with Crippen molar-refractivity contribution in [2.24, 2.45) is 5.92 Å². The molecule has 0 saturated heterocycles. The minimum absolute atomic E-state index is 0.0288. The van der Waals surface area contributed by atoms with Crippen LogP contribution in [0.2, 0.25) is 0 Å². The van der Waals surface area contributed by atoms with E-state index in [2.05, 4.69) is 16.9 Å². The summed E-state index contributed by atoms with van der Waals surface area (Å²) in [6.07, 6.45) is 15.5. The lowest BCUT2D eigenvalue weighted by Gasteiger charge is -2.20. The van der Waals surface area contributed by atoms with Crippen LogP contribution in [0.3, 0.4) is 0 Å². The van der Waals surface area contributed by atoms with Gasteiger partial charge in [-0.15, -0.1) is 0 Å². The maximum Gasteiger partial charge on any atom is 0.391 e. The molecule has 0 saturated carbocycles. The fourth-order valence-electron chi connectivity index (χ4n) is 5.24. The molecule has 0 N–H and O–H groups in total. The van der Waals surface area contributed by atoms with Gasteiger partial charge in [-0.1, -0.05) is 96.6 Å². The first-order valence-corrected chi connectivity index (χ1v) is 16.7. The Morgan fingerprint density at radius 2 is 1.16 bits per heavy atom. The first-order valence-electron chi connectivity index (χ1n) is 16.7. The van der Waals surface area contributed by atoms with E-state index in [1.54, 1.807) is 12.1 Å². The molecule has 44 heavy (non-hydrogen) atoms. The standard InChI is InChI=1S/C37H51F3N2O2/c1-3-5-7-8-9-10-11-12-13-14-15-31-27-41-36(42-28-31)32-19-23-35(24-20-32)44-29-30-17-21-34(22-18-30)43-26-25-33(16-6-4-2)37(38,39)40/h17-24,27-28,33H,3-16,25-26,29H2,1-2H3. The van der Waals surface area contributed by atoms with Crippen molar-refractivity contribution in [1.82, 2.24) is 9.97 Å². The van der Waals surface area contributed by atoms with Gasteiger partial charge in [0.1, 0.15) is 18.1 Å². The summed E-state index contributed by atoms with van der Waals surface area (Å²) in [6.45, 7) is 4.58. The molecular weight excluding hydrogens is 561 g/mol. The van der Waals surface area contributed by atoms with Crippen LogP contribution in [-0.4, -0.2) is 22.8 Å². The SMILES string of the molecule is CCCCCCCCCCCCc1cnc(-c2ccc(OCc3ccc(OCCC(CCCC)C(F)(F)F)cc3)cc2)nc1. The van der Waals surface area contributed by atoms with Crippen LogP contribution in [0.1, 0.15) is 115 Å². The average Bonchev–Trinajstić information content (AvgIpc) is 3.03. The summed E-state index contributed by atoms with van der Waals surface area (Å²) in [7, 11) is 0. The van der Waals surface area contributed by atoms with Crippen LogP contribution in [0.25, 0.3) is 11.4 Å². The topological polar surface area (TPSA) is 44.2 Å². The lowest BCUT2D eigenvalue weighted by atomic mass is 9.98. The quantitative estimate of drug-likeness (QED) is 0.106. The maximum atomic E-state index is 13.2. The molecule has 1 heterocycles. The first kappa shape index (κ1) is 35.4. The van der Waals surface area contributed by atoms with E-state index in [0.717, 1.165) is 29.7 Å². The molecule has 2 aromatic carbocycles. The molecule has 0 fully saturated rings. The Morgan fingerprint density at radius 1 is 0.614 bits per heavy atom. The van der Waals surface area contributed by atoms with E-state index in [0.29, 0.717) is 24.6 Å². The van der Waals surface area contributed by atoms with Crippen molar-refractivity contribution in [2.75, 3.05) is 6.61 Å². The zero-order valence-corrected chi connectivity index (χ0v) is 26.7. The van der Waals surface area contributed by atoms with E-state index in [1.807, 2.05) is 55.7 Å². The highest BCUT2D eigenvalue weighted by molar-refractivity contribution is 5.55. The fraction of sp³-hybridized carbons (Fsp3) is 0.568. The molecule has 0 aliphatic rings. The number of unbranched alkanes of at least 4 members (excludes halogenated alkanes) is 10. The zero-order valence-electron chi connectivity index (χ0n) is 26.7. The molecule has 0 aliphatic heterocycles. The monoisotopic (exact) mass is 612 g/mol. The molecule has 0 radical (unpaired) electrons. The third-order valence-corrected chi connectivity index (χ3v) is 8.07. The molecular formula is C37H51F3N2O2. The molecule has 1 atom stereocenters. The van der Waals surface area contributed by atoms with Gasteiger partial charge in [-0.25, -0.2) is 9.97 Å². The van der Waals surface area contributed by atoms with Gasteiger partial charge < -0.3 is 9.47 Å². The van der Waals surface area contributed by atoms with Gasteiger partial charge in [-0.05, 0) is 73.2 Å². The Bertz CT molecular complexity index is 1150. The number of rotatable bonds is 22. The summed E-state index contributed by atoms with van der Waals surface area (Å²) < 4.78 is 51.1. The Balaban J connectivity index is 1.34. The van der Waals surface area contributed by atoms with Gasteiger partial charge in [-0.3, -0.25) is 0 Å². The van der Waals surface area contributed by atoms with E-state index in [1.165, 1.54) is 69.8 Å². The van der Waals surface area contributed by atoms with Gasteiger partial charge >= 0.3 is 6.18 Å². The molecule has 1 unspecified atom stereocenters. The van der Waals surface area contributed by atoms with Gasteiger partial charge in [0.2, 0.25) is 0 Å². The number of aromatic nitrogens is 2.